The monoisotopic (exact) mass is 419 g/mol. The van der Waals surface area contributed by atoms with E-state index in [1.807, 2.05) is 30.3 Å². The van der Waals surface area contributed by atoms with Gasteiger partial charge in [-0.05, 0) is 36.8 Å². The number of benzene rings is 1. The highest BCUT2D eigenvalue weighted by molar-refractivity contribution is 7.19. The van der Waals surface area contributed by atoms with Gasteiger partial charge in [0.1, 0.15) is 6.61 Å². The van der Waals surface area contributed by atoms with E-state index in [0.717, 1.165) is 16.0 Å². The number of hydrogen-bond donors (Lipinski definition) is 0. The molecule has 6 nitrogen and oxygen atoms in total. The zero-order valence-corrected chi connectivity index (χ0v) is 16.9. The molecule has 0 fully saturated rings. The van der Waals surface area contributed by atoms with Gasteiger partial charge in [0, 0.05) is 12.5 Å². The average molecular weight is 420 g/mol. The van der Waals surface area contributed by atoms with Crippen molar-refractivity contribution >= 4 is 34.9 Å². The number of hydrogen-bond acceptors (Lipinski definition) is 7. The summed E-state index contributed by atoms with van der Waals surface area (Å²) in [6.45, 7) is 3.62. The van der Waals surface area contributed by atoms with Crippen molar-refractivity contribution in [1.82, 2.24) is 4.98 Å². The lowest BCUT2D eigenvalue weighted by Gasteiger charge is -2.02. The van der Waals surface area contributed by atoms with E-state index < -0.39 is 0 Å². The molecule has 0 amide bonds. The first-order chi connectivity index (χ1) is 13.5. The van der Waals surface area contributed by atoms with Crippen molar-refractivity contribution in [3.63, 3.8) is 0 Å². The van der Waals surface area contributed by atoms with Gasteiger partial charge >= 0.3 is 11.9 Å². The molecule has 3 aromatic rings. The van der Waals surface area contributed by atoms with Crippen LogP contribution in [0.1, 0.15) is 25.1 Å². The number of aromatic nitrogens is 1. The van der Waals surface area contributed by atoms with E-state index in [0.29, 0.717) is 28.3 Å². The van der Waals surface area contributed by atoms with E-state index in [9.17, 15) is 9.59 Å². The Morgan fingerprint density at radius 2 is 1.89 bits per heavy atom. The van der Waals surface area contributed by atoms with Crippen molar-refractivity contribution in [1.29, 1.82) is 0 Å². The van der Waals surface area contributed by atoms with Gasteiger partial charge < -0.3 is 13.9 Å². The molecule has 0 N–H and O–H groups in total. The summed E-state index contributed by atoms with van der Waals surface area (Å²) in [4.78, 5) is 28.2. The van der Waals surface area contributed by atoms with Gasteiger partial charge in [0.05, 0.1) is 27.9 Å². The van der Waals surface area contributed by atoms with Crippen molar-refractivity contribution in [2.45, 2.75) is 26.9 Å². The van der Waals surface area contributed by atoms with Gasteiger partial charge in [-0.15, -0.1) is 11.3 Å². The van der Waals surface area contributed by atoms with E-state index >= 15 is 0 Å². The number of esters is 2. The zero-order valence-electron chi connectivity index (χ0n) is 15.4. The first-order valence-electron chi connectivity index (χ1n) is 8.60. The molecule has 2 aromatic heterocycles. The smallest absolute Gasteiger partial charge is 0.312 e. The lowest BCUT2D eigenvalue weighted by Crippen LogP contribution is -2.08. The molecule has 146 valence electrons. The maximum Gasteiger partial charge on any atom is 0.312 e. The first-order valence-corrected chi connectivity index (χ1v) is 9.79. The minimum atomic E-state index is -0.372. The van der Waals surface area contributed by atoms with Crippen molar-refractivity contribution in [3.05, 3.63) is 52.0 Å². The van der Waals surface area contributed by atoms with Crippen molar-refractivity contribution < 1.29 is 23.5 Å². The third-order valence-electron chi connectivity index (χ3n) is 3.75. The van der Waals surface area contributed by atoms with Gasteiger partial charge in [0.2, 0.25) is 5.89 Å². The minimum absolute atomic E-state index is 0.00667. The Morgan fingerprint density at radius 1 is 1.14 bits per heavy atom. The standard InChI is InChI=1S/C20H18ClNO5S/c1-3-25-18(24)10-15-19(16-8-9-17(21)28-16)27-20(22-15)14-6-4-13(5-7-14)11-26-12(2)23/h4-9H,3,10-11H2,1-2H3. The van der Waals surface area contributed by atoms with Crippen LogP contribution >= 0.6 is 22.9 Å². The van der Waals surface area contributed by atoms with E-state index in [4.69, 9.17) is 25.5 Å². The van der Waals surface area contributed by atoms with Gasteiger partial charge in [-0.25, -0.2) is 4.98 Å². The molecule has 8 heteroatoms. The quantitative estimate of drug-likeness (QED) is 0.507. The molecule has 1 aromatic carbocycles. The fourth-order valence-corrected chi connectivity index (χ4v) is 3.55. The highest BCUT2D eigenvalue weighted by Gasteiger charge is 2.20. The van der Waals surface area contributed by atoms with Crippen LogP contribution < -0.4 is 0 Å². The third-order valence-corrected chi connectivity index (χ3v) is 4.98. The number of halogens is 1. The van der Waals surface area contributed by atoms with Crippen LogP contribution in [0.2, 0.25) is 4.34 Å². The Balaban J connectivity index is 1.89. The molecule has 28 heavy (non-hydrogen) atoms. The van der Waals surface area contributed by atoms with Gasteiger partial charge in [-0.1, -0.05) is 23.7 Å². The highest BCUT2D eigenvalue weighted by atomic mass is 35.5. The Labute approximate surface area is 171 Å². The van der Waals surface area contributed by atoms with Crippen molar-refractivity contribution in [2.24, 2.45) is 0 Å². The molecule has 0 spiro atoms. The largest absolute Gasteiger partial charge is 0.466 e. The first kappa shape index (κ1) is 20.1. The fourth-order valence-electron chi connectivity index (χ4n) is 2.50. The lowest BCUT2D eigenvalue weighted by molar-refractivity contribution is -0.143. The summed E-state index contributed by atoms with van der Waals surface area (Å²) in [6, 6.07) is 10.9. The van der Waals surface area contributed by atoms with Gasteiger partial charge in [0.25, 0.3) is 0 Å². The number of ether oxygens (including phenoxy) is 2. The zero-order chi connectivity index (χ0) is 20.1. The van der Waals surface area contributed by atoms with Crippen LogP contribution in [-0.4, -0.2) is 23.5 Å². The van der Waals surface area contributed by atoms with Crippen LogP contribution in [0.4, 0.5) is 0 Å². The topological polar surface area (TPSA) is 78.6 Å². The highest BCUT2D eigenvalue weighted by Crippen LogP contribution is 2.36. The molecule has 0 unspecified atom stereocenters. The Kier molecular flexibility index (Phi) is 6.49. The van der Waals surface area contributed by atoms with E-state index in [1.54, 1.807) is 13.0 Å². The number of carbonyl (C=O) groups is 2. The second-order valence-corrected chi connectivity index (χ2v) is 7.57. The van der Waals surface area contributed by atoms with E-state index in [2.05, 4.69) is 4.98 Å². The third kappa shape index (κ3) is 4.99. The maximum atomic E-state index is 12.0. The molecule has 0 radical (unpaired) electrons. The van der Waals surface area contributed by atoms with E-state index in [-0.39, 0.29) is 25.0 Å². The summed E-state index contributed by atoms with van der Waals surface area (Å²) in [6.07, 6.45) is 0.00667. The number of nitrogens with zero attached hydrogens (tertiary/aromatic N) is 1. The van der Waals surface area contributed by atoms with Gasteiger partial charge in [0.15, 0.2) is 5.76 Å². The van der Waals surface area contributed by atoms with Crippen LogP contribution in [0.15, 0.2) is 40.8 Å². The van der Waals surface area contributed by atoms with Crippen LogP contribution in [0.5, 0.6) is 0 Å². The molecule has 0 aliphatic carbocycles. The minimum Gasteiger partial charge on any atom is -0.466 e. The van der Waals surface area contributed by atoms with Crippen LogP contribution in [-0.2, 0) is 32.1 Å². The molecule has 0 saturated carbocycles. The molecule has 0 aliphatic heterocycles. The van der Waals surface area contributed by atoms with Crippen LogP contribution in [0, 0.1) is 0 Å². The van der Waals surface area contributed by atoms with Gasteiger partial charge in [-0.2, -0.15) is 0 Å². The summed E-state index contributed by atoms with van der Waals surface area (Å²) < 4.78 is 16.6. The van der Waals surface area contributed by atoms with E-state index in [1.165, 1.54) is 18.3 Å². The Hall–Kier alpha value is -2.64. The fraction of sp³-hybridized carbons (Fsp3) is 0.250. The lowest BCUT2D eigenvalue weighted by atomic mass is 10.1. The summed E-state index contributed by atoms with van der Waals surface area (Å²) in [5, 5.41) is 0. The van der Waals surface area contributed by atoms with Crippen molar-refractivity contribution in [3.8, 4) is 22.1 Å². The number of thiophene rings is 1. The van der Waals surface area contributed by atoms with Crippen LogP contribution in [0.3, 0.4) is 0 Å². The molecule has 0 aliphatic rings. The summed E-state index contributed by atoms with van der Waals surface area (Å²) in [5.41, 5.74) is 2.09. The number of rotatable bonds is 7. The maximum absolute atomic E-state index is 12.0. The molecule has 0 bridgehead atoms. The Morgan fingerprint density at radius 3 is 2.50 bits per heavy atom. The molecule has 2 heterocycles. The van der Waals surface area contributed by atoms with Crippen molar-refractivity contribution in [2.75, 3.05) is 6.61 Å². The molecular weight excluding hydrogens is 402 g/mol. The molecule has 0 atom stereocenters. The summed E-state index contributed by atoms with van der Waals surface area (Å²) in [5.74, 6) is 0.185. The normalized spacial score (nSPS) is 10.7. The van der Waals surface area contributed by atoms with Crippen LogP contribution in [0.25, 0.3) is 22.1 Å². The van der Waals surface area contributed by atoms with Gasteiger partial charge in [-0.3, -0.25) is 9.59 Å². The molecular formula is C20H18ClNO5S. The summed E-state index contributed by atoms with van der Waals surface area (Å²) >= 11 is 7.39. The Bertz CT molecular complexity index is 977. The number of oxazole rings is 1. The molecule has 3 rings (SSSR count). The predicted molar refractivity (Wildman–Crippen MR) is 106 cm³/mol. The number of carbonyl (C=O) groups excluding carboxylic acids is 2. The average Bonchev–Trinajstić information content (AvgIpc) is 3.27. The molecule has 0 saturated heterocycles. The SMILES string of the molecule is CCOC(=O)Cc1nc(-c2ccc(COC(C)=O)cc2)oc1-c1ccc(Cl)s1. The predicted octanol–water partition coefficient (Wildman–Crippen LogP) is 4.89. The second kappa shape index (κ2) is 9.03. The second-order valence-electron chi connectivity index (χ2n) is 5.86. The summed E-state index contributed by atoms with van der Waals surface area (Å²) in [7, 11) is 0.